The highest BCUT2D eigenvalue weighted by atomic mass is 16.5. The number of rotatable bonds is 6. The number of nitriles is 1. The van der Waals surface area contributed by atoms with Gasteiger partial charge < -0.3 is 20.3 Å². The highest BCUT2D eigenvalue weighted by molar-refractivity contribution is 6.43. The predicted octanol–water partition coefficient (Wildman–Crippen LogP) is -1.18. The van der Waals surface area contributed by atoms with E-state index in [0.29, 0.717) is 11.5 Å². The molecule has 0 spiro atoms. The van der Waals surface area contributed by atoms with Gasteiger partial charge in [0.05, 0.1) is 11.8 Å². The van der Waals surface area contributed by atoms with E-state index in [1.807, 2.05) is 36.4 Å². The summed E-state index contributed by atoms with van der Waals surface area (Å²) in [5.41, 5.74) is 4.13. The second-order valence-electron chi connectivity index (χ2n) is 9.83. The normalized spacial score (nSPS) is 16.1. The SMILES string of the molecule is BC1(B)CN(c2ccc(Nc3nccc(-c4ccc(C(=O)NCC#N)cc4)n3)cc2)CC(B)(B)O1. The van der Waals surface area contributed by atoms with Crippen LogP contribution in [0.4, 0.5) is 17.3 Å². The molecule has 4 rings (SSSR count). The monoisotopic (exact) mass is 462 g/mol. The van der Waals surface area contributed by atoms with E-state index in [0.717, 1.165) is 35.7 Å². The first-order valence-corrected chi connectivity index (χ1v) is 11.6. The standard InChI is InChI=1S/C23H26B4N6O2/c24-22(25)13-33(14-23(26,27)35-22)18-7-5-17(6-8-18)31-21-30-11-9-19(32-21)15-1-3-16(4-2-15)20(34)29-12-10-28/h1-9,11H,12-14,24-27H2,(H,29,34)(H,30,31,32). The third kappa shape index (κ3) is 6.25. The molecule has 0 aliphatic carbocycles. The van der Waals surface area contributed by atoms with Gasteiger partial charge in [0.25, 0.3) is 5.91 Å². The van der Waals surface area contributed by atoms with Crippen LogP contribution in [0, 0.1) is 11.3 Å². The number of ether oxygens (including phenoxy) is 1. The lowest BCUT2D eigenvalue weighted by Crippen LogP contribution is -2.63. The molecule has 0 saturated carbocycles. The molecular weight excluding hydrogens is 436 g/mol. The molecule has 2 aromatic carbocycles. The fourth-order valence-corrected chi connectivity index (χ4v) is 4.45. The van der Waals surface area contributed by atoms with Crippen molar-refractivity contribution in [2.45, 2.75) is 10.8 Å². The number of nitrogens with one attached hydrogen (secondary N) is 2. The van der Waals surface area contributed by atoms with E-state index in [9.17, 15) is 4.79 Å². The van der Waals surface area contributed by atoms with Crippen LogP contribution in [0.15, 0.2) is 60.8 Å². The molecule has 1 saturated heterocycles. The van der Waals surface area contributed by atoms with Crippen molar-refractivity contribution in [3.63, 3.8) is 0 Å². The van der Waals surface area contributed by atoms with Crippen LogP contribution in [0.25, 0.3) is 11.3 Å². The number of morpholine rings is 1. The Labute approximate surface area is 209 Å². The lowest BCUT2D eigenvalue weighted by molar-refractivity contribution is 0.0113. The second-order valence-corrected chi connectivity index (χ2v) is 9.83. The number of benzene rings is 2. The number of hydrogen-bond acceptors (Lipinski definition) is 7. The number of carbonyl (C=O) groups excluding carboxylic acids is 1. The second kappa shape index (κ2) is 9.88. The van der Waals surface area contributed by atoms with Gasteiger partial charge in [-0.3, -0.25) is 4.79 Å². The summed E-state index contributed by atoms with van der Waals surface area (Å²) in [6.45, 7) is 1.63. The van der Waals surface area contributed by atoms with Crippen molar-refractivity contribution < 1.29 is 9.53 Å². The lowest BCUT2D eigenvalue weighted by Gasteiger charge is -2.49. The van der Waals surface area contributed by atoms with Crippen molar-refractivity contribution in [1.29, 1.82) is 5.26 Å². The minimum Gasteiger partial charge on any atom is -0.400 e. The summed E-state index contributed by atoms with van der Waals surface area (Å²) < 4.78 is 6.20. The molecule has 1 fully saturated rings. The van der Waals surface area contributed by atoms with Crippen LogP contribution in [-0.2, 0) is 4.74 Å². The Kier molecular flexibility index (Phi) is 6.90. The zero-order valence-electron chi connectivity index (χ0n) is 20.5. The predicted molar refractivity (Wildman–Crippen MR) is 148 cm³/mol. The average Bonchev–Trinajstić information content (AvgIpc) is 2.81. The molecule has 2 N–H and O–H groups in total. The number of anilines is 3. The average molecular weight is 462 g/mol. The van der Waals surface area contributed by atoms with Gasteiger partial charge >= 0.3 is 0 Å². The molecule has 3 aromatic rings. The molecule has 2 heterocycles. The number of carbonyl (C=O) groups is 1. The molecule has 0 radical (unpaired) electrons. The van der Waals surface area contributed by atoms with E-state index < -0.39 is 0 Å². The Morgan fingerprint density at radius 2 is 1.69 bits per heavy atom. The summed E-state index contributed by atoms with van der Waals surface area (Å²) >= 11 is 0. The molecule has 0 atom stereocenters. The fraction of sp³-hybridized carbons (Fsp3) is 0.217. The van der Waals surface area contributed by atoms with Gasteiger partial charge in [0.15, 0.2) is 0 Å². The molecule has 0 unspecified atom stereocenters. The van der Waals surface area contributed by atoms with E-state index in [4.69, 9.17) is 10.00 Å². The maximum atomic E-state index is 12.0. The number of aromatic nitrogens is 2. The van der Waals surface area contributed by atoms with Gasteiger partial charge in [-0.1, -0.05) is 12.1 Å². The lowest BCUT2D eigenvalue weighted by atomic mass is 9.57. The van der Waals surface area contributed by atoms with Crippen LogP contribution in [0.5, 0.6) is 0 Å². The molecular formula is C23H26B4N6O2. The van der Waals surface area contributed by atoms with Crippen LogP contribution >= 0.6 is 0 Å². The largest absolute Gasteiger partial charge is 0.400 e. The van der Waals surface area contributed by atoms with Crippen molar-refractivity contribution in [3.8, 4) is 17.3 Å². The highest BCUT2D eigenvalue weighted by Crippen LogP contribution is 2.28. The summed E-state index contributed by atoms with van der Waals surface area (Å²) in [5.74, 6) is 0.204. The molecule has 172 valence electrons. The fourth-order valence-electron chi connectivity index (χ4n) is 4.45. The maximum absolute atomic E-state index is 12.0. The van der Waals surface area contributed by atoms with Gasteiger partial charge in [-0.05, 0) is 42.5 Å². The van der Waals surface area contributed by atoms with Crippen LogP contribution in [-0.4, -0.2) is 77.7 Å². The smallest absolute Gasteiger partial charge is 0.252 e. The number of hydrogen-bond donors (Lipinski definition) is 2. The maximum Gasteiger partial charge on any atom is 0.252 e. The topological polar surface area (TPSA) is 103 Å². The van der Waals surface area contributed by atoms with Crippen molar-refractivity contribution >= 4 is 54.6 Å². The molecule has 8 nitrogen and oxygen atoms in total. The van der Waals surface area contributed by atoms with Gasteiger partial charge in [-0.15, -0.1) is 0 Å². The van der Waals surface area contributed by atoms with Crippen LogP contribution in [0.3, 0.4) is 0 Å². The Balaban J connectivity index is 1.44. The summed E-state index contributed by atoms with van der Waals surface area (Å²) in [4.78, 5) is 23.3. The molecule has 1 aliphatic heterocycles. The molecule has 1 aromatic heterocycles. The van der Waals surface area contributed by atoms with Crippen LogP contribution < -0.4 is 15.5 Å². The van der Waals surface area contributed by atoms with E-state index in [1.54, 1.807) is 18.3 Å². The number of amides is 1. The van der Waals surface area contributed by atoms with Gasteiger partial charge in [0.2, 0.25) is 5.95 Å². The highest BCUT2D eigenvalue weighted by Gasteiger charge is 2.37. The van der Waals surface area contributed by atoms with E-state index in [-0.39, 0.29) is 23.3 Å². The third-order valence-corrected chi connectivity index (χ3v) is 5.61. The van der Waals surface area contributed by atoms with Crippen LogP contribution in [0.2, 0.25) is 0 Å². The van der Waals surface area contributed by atoms with Gasteiger partial charge in [0.1, 0.15) is 37.9 Å². The molecule has 1 aliphatic rings. The Morgan fingerprint density at radius 1 is 1.03 bits per heavy atom. The van der Waals surface area contributed by atoms with Gasteiger partial charge in [0, 0.05) is 52.6 Å². The molecule has 35 heavy (non-hydrogen) atoms. The Hall–Kier alpha value is -3.70. The van der Waals surface area contributed by atoms with Crippen molar-refractivity contribution in [2.24, 2.45) is 0 Å². The minimum atomic E-state index is -0.282. The first-order chi connectivity index (χ1) is 16.6. The first-order valence-electron chi connectivity index (χ1n) is 11.6. The molecule has 1 amide bonds. The Bertz CT molecular complexity index is 1230. The van der Waals surface area contributed by atoms with Crippen molar-refractivity contribution in [2.75, 3.05) is 29.9 Å². The minimum absolute atomic E-state index is 0.0229. The first kappa shape index (κ1) is 24.4. The summed E-state index contributed by atoms with van der Waals surface area (Å²) in [6.07, 6.45) is 1.70. The van der Waals surface area contributed by atoms with Gasteiger partial charge in [-0.2, -0.15) is 5.26 Å². The summed E-state index contributed by atoms with van der Waals surface area (Å²) in [7, 11) is 8.49. The zero-order chi connectivity index (χ0) is 25.1. The molecule has 12 heteroatoms. The van der Waals surface area contributed by atoms with Crippen molar-refractivity contribution in [1.82, 2.24) is 15.3 Å². The quantitative estimate of drug-likeness (QED) is 0.352. The molecule has 0 bridgehead atoms. The van der Waals surface area contributed by atoms with E-state index >= 15 is 0 Å². The Morgan fingerprint density at radius 3 is 2.31 bits per heavy atom. The zero-order valence-corrected chi connectivity index (χ0v) is 20.5. The van der Waals surface area contributed by atoms with Gasteiger partial charge in [-0.25, -0.2) is 9.97 Å². The summed E-state index contributed by atoms with van der Waals surface area (Å²) in [5, 5.41) is 14.0. The van der Waals surface area contributed by atoms with E-state index in [1.165, 1.54) is 0 Å². The van der Waals surface area contributed by atoms with Crippen LogP contribution in [0.1, 0.15) is 10.4 Å². The van der Waals surface area contributed by atoms with Crippen molar-refractivity contribution in [3.05, 3.63) is 66.4 Å². The summed E-state index contributed by atoms with van der Waals surface area (Å²) in [6, 6.07) is 19.0. The number of nitrogens with zero attached hydrogens (tertiary/aromatic N) is 4. The van der Waals surface area contributed by atoms with E-state index in [2.05, 4.69) is 69.0 Å². The third-order valence-electron chi connectivity index (χ3n) is 5.61.